The van der Waals surface area contributed by atoms with Crippen molar-refractivity contribution >= 4 is 17.5 Å². The van der Waals surface area contributed by atoms with Gasteiger partial charge in [0.1, 0.15) is 12.1 Å². The molecule has 5 nitrogen and oxygen atoms in total. The molecule has 0 aromatic heterocycles. The van der Waals surface area contributed by atoms with Crippen LogP contribution in [0.4, 0.5) is 16.2 Å². The van der Waals surface area contributed by atoms with E-state index in [1.54, 1.807) is 43.3 Å². The number of nitriles is 2. The number of ether oxygens (including phenoxy) is 1. The predicted molar refractivity (Wildman–Crippen MR) is 81.5 cm³/mol. The van der Waals surface area contributed by atoms with E-state index in [0.29, 0.717) is 11.4 Å². The van der Waals surface area contributed by atoms with Gasteiger partial charge in [-0.05, 0) is 31.2 Å². The Balaban J connectivity index is 2.64. The number of carbonyl (C=O) groups excluding carboxylic acids is 1. The fourth-order valence-corrected chi connectivity index (χ4v) is 2.05. The van der Waals surface area contributed by atoms with Crippen LogP contribution in [0.5, 0.6) is 0 Å². The second-order valence-corrected chi connectivity index (χ2v) is 4.29. The molecule has 0 saturated heterocycles. The van der Waals surface area contributed by atoms with Gasteiger partial charge in [0.2, 0.25) is 0 Å². The maximum Gasteiger partial charge on any atom is 0.418 e. The average Bonchev–Trinajstić information content (AvgIpc) is 2.56. The van der Waals surface area contributed by atoms with E-state index in [1.807, 2.05) is 18.2 Å². The molecule has 0 bridgehead atoms. The number of rotatable bonds is 3. The molecule has 2 aromatic carbocycles. The highest BCUT2D eigenvalue weighted by Crippen LogP contribution is 2.30. The molecular formula is C17H13N3O2. The van der Waals surface area contributed by atoms with Crippen LogP contribution in [0.2, 0.25) is 0 Å². The number of nitrogens with zero attached hydrogens (tertiary/aromatic N) is 3. The Hall–Kier alpha value is -3.31. The molecule has 5 heteroatoms. The van der Waals surface area contributed by atoms with Crippen molar-refractivity contribution in [2.24, 2.45) is 0 Å². The van der Waals surface area contributed by atoms with Gasteiger partial charge in [0.15, 0.2) is 0 Å². The average molecular weight is 291 g/mol. The first kappa shape index (κ1) is 15.1. The first-order chi connectivity index (χ1) is 10.7. The van der Waals surface area contributed by atoms with Crippen molar-refractivity contribution in [1.82, 2.24) is 0 Å². The summed E-state index contributed by atoms with van der Waals surface area (Å²) in [5.41, 5.74) is 1.24. The van der Waals surface area contributed by atoms with E-state index in [9.17, 15) is 10.1 Å². The summed E-state index contributed by atoms with van der Waals surface area (Å²) in [6, 6.07) is 17.6. The summed E-state index contributed by atoms with van der Waals surface area (Å²) < 4.78 is 5.08. The van der Waals surface area contributed by atoms with Crippen LogP contribution in [0.15, 0.2) is 48.5 Å². The predicted octanol–water partition coefficient (Wildman–Crippen LogP) is 3.72. The van der Waals surface area contributed by atoms with Gasteiger partial charge in [-0.1, -0.05) is 24.3 Å². The monoisotopic (exact) mass is 291 g/mol. The lowest BCUT2D eigenvalue weighted by Crippen LogP contribution is -2.27. The molecule has 0 fully saturated rings. The molecule has 0 radical (unpaired) electrons. The summed E-state index contributed by atoms with van der Waals surface area (Å²) in [7, 11) is 0. The Kier molecular flexibility index (Phi) is 4.74. The molecule has 2 rings (SSSR count). The van der Waals surface area contributed by atoms with Crippen LogP contribution < -0.4 is 4.90 Å². The van der Waals surface area contributed by atoms with Gasteiger partial charge in [-0.3, -0.25) is 0 Å². The molecule has 0 aliphatic rings. The summed E-state index contributed by atoms with van der Waals surface area (Å²) in [5.74, 6) is 0. The van der Waals surface area contributed by atoms with E-state index in [4.69, 9.17) is 10.00 Å². The number of hydrogen-bond acceptors (Lipinski definition) is 4. The minimum Gasteiger partial charge on any atom is -0.449 e. The zero-order valence-electron chi connectivity index (χ0n) is 12.0. The van der Waals surface area contributed by atoms with Crippen LogP contribution in [0, 0.1) is 22.7 Å². The van der Waals surface area contributed by atoms with Gasteiger partial charge in [-0.2, -0.15) is 10.5 Å². The second kappa shape index (κ2) is 6.92. The lowest BCUT2D eigenvalue weighted by atomic mass is 10.1. The topological polar surface area (TPSA) is 77.1 Å². The molecule has 1 amide bonds. The third kappa shape index (κ3) is 2.89. The van der Waals surface area contributed by atoms with Gasteiger partial charge in [0, 0.05) is 0 Å². The second-order valence-electron chi connectivity index (χ2n) is 4.29. The largest absolute Gasteiger partial charge is 0.449 e. The van der Waals surface area contributed by atoms with E-state index in [2.05, 4.69) is 0 Å². The lowest BCUT2D eigenvalue weighted by Gasteiger charge is -2.23. The van der Waals surface area contributed by atoms with Gasteiger partial charge >= 0.3 is 6.09 Å². The maximum absolute atomic E-state index is 12.3. The minimum atomic E-state index is -0.597. The van der Waals surface area contributed by atoms with Crippen molar-refractivity contribution in [2.75, 3.05) is 11.5 Å². The van der Waals surface area contributed by atoms with Crippen LogP contribution in [-0.2, 0) is 4.74 Å². The number of benzene rings is 2. The van der Waals surface area contributed by atoms with Gasteiger partial charge in [-0.15, -0.1) is 0 Å². The van der Waals surface area contributed by atoms with Crippen LogP contribution in [-0.4, -0.2) is 12.7 Å². The Morgan fingerprint density at radius 1 is 1.09 bits per heavy atom. The quantitative estimate of drug-likeness (QED) is 0.863. The van der Waals surface area contributed by atoms with Crippen molar-refractivity contribution < 1.29 is 9.53 Å². The molecule has 2 aromatic rings. The Labute approximate surface area is 128 Å². The van der Waals surface area contributed by atoms with E-state index < -0.39 is 6.09 Å². The molecule has 0 spiro atoms. The van der Waals surface area contributed by atoms with Crippen LogP contribution in [0.1, 0.15) is 18.1 Å². The lowest BCUT2D eigenvalue weighted by molar-refractivity contribution is 0.162. The third-order valence-electron chi connectivity index (χ3n) is 2.98. The molecule has 0 N–H and O–H groups in total. The van der Waals surface area contributed by atoms with E-state index >= 15 is 0 Å². The number of anilines is 2. The standard InChI is InChI=1S/C17H13N3O2/c1-2-22-17(21)20(14-8-4-3-5-9-14)16-10-6-7-13(11-18)15(16)12-19/h3-10H,2H2,1H3. The van der Waals surface area contributed by atoms with Crippen molar-refractivity contribution in [3.05, 3.63) is 59.7 Å². The van der Waals surface area contributed by atoms with Crippen LogP contribution >= 0.6 is 0 Å². The summed E-state index contributed by atoms with van der Waals surface area (Å²) >= 11 is 0. The Morgan fingerprint density at radius 2 is 1.82 bits per heavy atom. The highest BCUT2D eigenvalue weighted by Gasteiger charge is 2.23. The van der Waals surface area contributed by atoms with Crippen LogP contribution in [0.25, 0.3) is 0 Å². The summed E-state index contributed by atoms with van der Waals surface area (Å²) in [6.07, 6.45) is -0.597. The zero-order chi connectivity index (χ0) is 15.9. The SMILES string of the molecule is CCOC(=O)N(c1ccccc1)c1cccc(C#N)c1C#N. The van der Waals surface area contributed by atoms with E-state index in [0.717, 1.165) is 0 Å². The highest BCUT2D eigenvalue weighted by molar-refractivity contribution is 5.97. The molecule has 0 atom stereocenters. The Morgan fingerprint density at radius 3 is 2.41 bits per heavy atom. The minimum absolute atomic E-state index is 0.141. The van der Waals surface area contributed by atoms with Gasteiger partial charge < -0.3 is 4.74 Å². The number of carbonyl (C=O) groups is 1. The molecule has 108 valence electrons. The van der Waals surface area contributed by atoms with E-state index in [-0.39, 0.29) is 17.7 Å². The first-order valence-corrected chi connectivity index (χ1v) is 6.68. The summed E-state index contributed by atoms with van der Waals surface area (Å²) in [6.45, 7) is 1.92. The van der Waals surface area contributed by atoms with Gasteiger partial charge in [0.05, 0.1) is 29.1 Å². The molecular weight excluding hydrogens is 278 g/mol. The molecule has 0 heterocycles. The van der Waals surface area contributed by atoms with Gasteiger partial charge in [-0.25, -0.2) is 9.69 Å². The van der Waals surface area contributed by atoms with Crippen LogP contribution in [0.3, 0.4) is 0 Å². The Bertz CT molecular complexity index is 758. The number of para-hydroxylation sites is 1. The van der Waals surface area contributed by atoms with Gasteiger partial charge in [0.25, 0.3) is 0 Å². The molecule has 0 unspecified atom stereocenters. The van der Waals surface area contributed by atoms with Crippen molar-refractivity contribution in [1.29, 1.82) is 10.5 Å². The first-order valence-electron chi connectivity index (χ1n) is 6.68. The third-order valence-corrected chi connectivity index (χ3v) is 2.98. The molecule has 0 aliphatic carbocycles. The molecule has 0 saturated carbocycles. The fraction of sp³-hybridized carbons (Fsp3) is 0.118. The normalized spacial score (nSPS) is 9.41. The zero-order valence-corrected chi connectivity index (χ0v) is 12.0. The number of hydrogen-bond donors (Lipinski definition) is 0. The van der Waals surface area contributed by atoms with Crippen molar-refractivity contribution in [3.8, 4) is 12.1 Å². The highest BCUT2D eigenvalue weighted by atomic mass is 16.6. The molecule has 0 aliphatic heterocycles. The smallest absolute Gasteiger partial charge is 0.418 e. The fourth-order valence-electron chi connectivity index (χ4n) is 2.05. The van der Waals surface area contributed by atoms with E-state index in [1.165, 1.54) is 11.0 Å². The summed E-state index contributed by atoms with van der Waals surface area (Å²) in [4.78, 5) is 13.6. The molecule has 22 heavy (non-hydrogen) atoms. The summed E-state index contributed by atoms with van der Waals surface area (Å²) in [5, 5.41) is 18.5. The van der Waals surface area contributed by atoms with Crippen molar-refractivity contribution in [2.45, 2.75) is 6.92 Å². The number of amides is 1. The maximum atomic E-state index is 12.3. The van der Waals surface area contributed by atoms with Crippen molar-refractivity contribution in [3.63, 3.8) is 0 Å².